The summed E-state index contributed by atoms with van der Waals surface area (Å²) in [5.74, 6) is 0. The predicted molar refractivity (Wildman–Crippen MR) is 67.0 cm³/mol. The molecule has 0 saturated heterocycles. The Labute approximate surface area is 105 Å². The third kappa shape index (κ3) is 2.37. The van der Waals surface area contributed by atoms with Crippen molar-refractivity contribution in [1.29, 1.82) is 0 Å². The van der Waals surface area contributed by atoms with Gasteiger partial charge in [0.15, 0.2) is 0 Å². The van der Waals surface area contributed by atoms with Crippen LogP contribution in [0.15, 0.2) is 23.0 Å². The number of nitrogens with two attached hydrogens (primary N) is 1. The van der Waals surface area contributed by atoms with Crippen LogP contribution in [0.1, 0.15) is 29.9 Å². The monoisotopic (exact) mass is 253 g/mol. The van der Waals surface area contributed by atoms with Gasteiger partial charge < -0.3 is 10.2 Å². The molecule has 0 amide bonds. The first-order valence-electron chi connectivity index (χ1n) is 5.63. The summed E-state index contributed by atoms with van der Waals surface area (Å²) in [6.07, 6.45) is 3.95. The molecule has 0 radical (unpaired) electrons. The molecule has 2 rings (SSSR count). The Morgan fingerprint density at radius 2 is 2.35 bits per heavy atom. The van der Waals surface area contributed by atoms with Crippen molar-refractivity contribution in [3.05, 3.63) is 40.6 Å². The van der Waals surface area contributed by atoms with E-state index in [0.717, 1.165) is 23.5 Å². The zero-order valence-electron chi connectivity index (χ0n) is 9.98. The second kappa shape index (κ2) is 4.94. The molecule has 0 aliphatic rings. The van der Waals surface area contributed by atoms with E-state index >= 15 is 0 Å². The van der Waals surface area contributed by atoms with Gasteiger partial charge in [-0.15, -0.1) is 0 Å². The molecule has 0 aromatic carbocycles. The summed E-state index contributed by atoms with van der Waals surface area (Å²) in [6.45, 7) is 4.73. The first kappa shape index (κ1) is 12.2. The molecule has 2 heterocycles. The Balaban J connectivity index is 2.24. The summed E-state index contributed by atoms with van der Waals surface area (Å²) in [5, 5.41) is 5.08. The van der Waals surface area contributed by atoms with Gasteiger partial charge in [-0.2, -0.15) is 5.10 Å². The van der Waals surface area contributed by atoms with Crippen LogP contribution in [0.2, 0.25) is 5.02 Å². The molecule has 0 saturated carbocycles. The first-order chi connectivity index (χ1) is 8.13. The number of furan rings is 1. The predicted octanol–water partition coefficient (Wildman–Crippen LogP) is 2.70. The number of hydrogen-bond acceptors (Lipinski definition) is 3. The van der Waals surface area contributed by atoms with Crippen molar-refractivity contribution in [2.24, 2.45) is 5.73 Å². The average Bonchev–Trinajstić information content (AvgIpc) is 2.92. The summed E-state index contributed by atoms with van der Waals surface area (Å²) in [6, 6.07) is 1.76. The Hall–Kier alpha value is -1.26. The maximum atomic E-state index is 6.24. The van der Waals surface area contributed by atoms with Gasteiger partial charge in [0.2, 0.25) is 0 Å². The molecular weight excluding hydrogens is 238 g/mol. The number of nitrogens with zero attached hydrogens (tertiary/aromatic N) is 2. The standard InChI is InChI=1S/C12H16ClN3O/c1-3-16-11(12(13)8(2)15-16)6-10(14)9-4-5-17-7-9/h4-5,7,10H,3,6,14H2,1-2H3. The number of aromatic nitrogens is 2. The number of hydrogen-bond donors (Lipinski definition) is 1. The number of rotatable bonds is 4. The lowest BCUT2D eigenvalue weighted by atomic mass is 10.1. The molecule has 2 aromatic heterocycles. The molecule has 92 valence electrons. The summed E-state index contributed by atoms with van der Waals surface area (Å²) in [7, 11) is 0. The van der Waals surface area contributed by atoms with Crippen LogP contribution < -0.4 is 5.73 Å². The van der Waals surface area contributed by atoms with Crippen LogP contribution in [0.5, 0.6) is 0 Å². The molecule has 0 spiro atoms. The van der Waals surface area contributed by atoms with E-state index in [1.54, 1.807) is 12.5 Å². The SMILES string of the molecule is CCn1nc(C)c(Cl)c1CC(N)c1ccoc1. The molecule has 0 aliphatic carbocycles. The zero-order chi connectivity index (χ0) is 12.4. The van der Waals surface area contributed by atoms with Gasteiger partial charge in [0.25, 0.3) is 0 Å². The molecule has 0 fully saturated rings. The summed E-state index contributed by atoms with van der Waals surface area (Å²) >= 11 is 6.24. The number of aryl methyl sites for hydroxylation is 2. The van der Waals surface area contributed by atoms with Crippen LogP contribution in [0.3, 0.4) is 0 Å². The highest BCUT2D eigenvalue weighted by atomic mass is 35.5. The minimum absolute atomic E-state index is 0.118. The fraction of sp³-hybridized carbons (Fsp3) is 0.417. The van der Waals surface area contributed by atoms with Crippen LogP contribution in [-0.2, 0) is 13.0 Å². The fourth-order valence-electron chi connectivity index (χ4n) is 1.88. The van der Waals surface area contributed by atoms with Crippen LogP contribution in [0, 0.1) is 6.92 Å². The van der Waals surface area contributed by atoms with E-state index in [0.29, 0.717) is 11.4 Å². The van der Waals surface area contributed by atoms with Gasteiger partial charge in [0.1, 0.15) is 0 Å². The van der Waals surface area contributed by atoms with Crippen molar-refractivity contribution >= 4 is 11.6 Å². The van der Waals surface area contributed by atoms with E-state index in [1.807, 2.05) is 24.6 Å². The van der Waals surface area contributed by atoms with Crippen molar-refractivity contribution in [2.75, 3.05) is 0 Å². The molecule has 0 bridgehead atoms. The molecule has 17 heavy (non-hydrogen) atoms. The minimum atomic E-state index is -0.118. The van der Waals surface area contributed by atoms with E-state index in [2.05, 4.69) is 5.10 Å². The fourth-order valence-corrected chi connectivity index (χ4v) is 2.09. The van der Waals surface area contributed by atoms with E-state index in [-0.39, 0.29) is 6.04 Å². The number of halogens is 1. The lowest BCUT2D eigenvalue weighted by Crippen LogP contribution is -2.15. The van der Waals surface area contributed by atoms with Crippen molar-refractivity contribution in [2.45, 2.75) is 32.9 Å². The topological polar surface area (TPSA) is 57.0 Å². The highest BCUT2D eigenvalue weighted by Gasteiger charge is 2.17. The van der Waals surface area contributed by atoms with Crippen molar-refractivity contribution in [1.82, 2.24) is 9.78 Å². The van der Waals surface area contributed by atoms with Crippen molar-refractivity contribution < 1.29 is 4.42 Å². The van der Waals surface area contributed by atoms with Gasteiger partial charge in [-0.05, 0) is 19.9 Å². The molecule has 5 heteroatoms. The Morgan fingerprint density at radius 3 is 2.94 bits per heavy atom. The van der Waals surface area contributed by atoms with E-state index in [4.69, 9.17) is 21.8 Å². The normalized spacial score (nSPS) is 12.9. The smallest absolute Gasteiger partial charge is 0.0950 e. The van der Waals surface area contributed by atoms with Gasteiger partial charge in [-0.1, -0.05) is 11.6 Å². The second-order valence-corrected chi connectivity index (χ2v) is 4.41. The lowest BCUT2D eigenvalue weighted by Gasteiger charge is -2.11. The van der Waals surface area contributed by atoms with Gasteiger partial charge >= 0.3 is 0 Å². The van der Waals surface area contributed by atoms with E-state index in [9.17, 15) is 0 Å². The third-order valence-corrected chi connectivity index (χ3v) is 3.33. The van der Waals surface area contributed by atoms with Gasteiger partial charge in [0.05, 0.1) is 28.9 Å². The molecule has 1 unspecified atom stereocenters. The summed E-state index contributed by atoms with van der Waals surface area (Å²) < 4.78 is 6.93. The van der Waals surface area contributed by atoms with Crippen molar-refractivity contribution in [3.8, 4) is 0 Å². The largest absolute Gasteiger partial charge is 0.472 e. The van der Waals surface area contributed by atoms with Gasteiger partial charge in [-0.25, -0.2) is 0 Å². The van der Waals surface area contributed by atoms with Gasteiger partial charge in [-0.3, -0.25) is 4.68 Å². The van der Waals surface area contributed by atoms with Crippen molar-refractivity contribution in [3.63, 3.8) is 0 Å². The highest BCUT2D eigenvalue weighted by molar-refractivity contribution is 6.31. The van der Waals surface area contributed by atoms with E-state index < -0.39 is 0 Å². The Bertz CT molecular complexity index is 490. The Morgan fingerprint density at radius 1 is 1.59 bits per heavy atom. The van der Waals surface area contributed by atoms with Gasteiger partial charge in [0, 0.05) is 24.6 Å². The maximum Gasteiger partial charge on any atom is 0.0950 e. The van der Waals surface area contributed by atoms with Crippen LogP contribution >= 0.6 is 11.6 Å². The molecule has 2 N–H and O–H groups in total. The Kier molecular flexibility index (Phi) is 3.54. The third-order valence-electron chi connectivity index (χ3n) is 2.84. The van der Waals surface area contributed by atoms with Crippen LogP contribution in [0.25, 0.3) is 0 Å². The highest BCUT2D eigenvalue weighted by Crippen LogP contribution is 2.25. The van der Waals surface area contributed by atoms with E-state index in [1.165, 1.54) is 0 Å². The molecule has 2 aromatic rings. The maximum absolute atomic E-state index is 6.24. The zero-order valence-corrected chi connectivity index (χ0v) is 10.7. The lowest BCUT2D eigenvalue weighted by molar-refractivity contribution is 0.552. The second-order valence-electron chi connectivity index (χ2n) is 4.03. The molecule has 4 nitrogen and oxygen atoms in total. The molecule has 0 aliphatic heterocycles. The van der Waals surface area contributed by atoms with Crippen LogP contribution in [0.4, 0.5) is 0 Å². The first-order valence-corrected chi connectivity index (χ1v) is 6.00. The summed E-state index contributed by atoms with van der Waals surface area (Å²) in [4.78, 5) is 0. The molecular formula is C12H16ClN3O. The minimum Gasteiger partial charge on any atom is -0.472 e. The quantitative estimate of drug-likeness (QED) is 0.912. The molecule has 1 atom stereocenters. The summed E-state index contributed by atoms with van der Waals surface area (Å²) in [5.41, 5.74) is 8.92. The average molecular weight is 254 g/mol. The van der Waals surface area contributed by atoms with Crippen LogP contribution in [-0.4, -0.2) is 9.78 Å².